The van der Waals surface area contributed by atoms with Crippen LogP contribution in [0.25, 0.3) is 0 Å². The van der Waals surface area contributed by atoms with Crippen LogP contribution in [0.15, 0.2) is 24.3 Å². The molecule has 0 heterocycles. The molecule has 0 spiro atoms. The van der Waals surface area contributed by atoms with Crippen LogP contribution < -0.4 is 0 Å². The Morgan fingerprint density at radius 1 is 1.39 bits per heavy atom. The van der Waals surface area contributed by atoms with Gasteiger partial charge in [-0.2, -0.15) is 17.9 Å². The minimum atomic E-state index is 0.732. The summed E-state index contributed by atoms with van der Waals surface area (Å²) in [5.41, 5.74) is 1.95. The smallest absolute Gasteiger partial charge is 0.0991 e. The lowest BCUT2D eigenvalue weighted by atomic mass is 10.0. The lowest BCUT2D eigenvalue weighted by Crippen LogP contribution is -2.21. The van der Waals surface area contributed by atoms with Gasteiger partial charge in [-0.25, -0.2) is 0 Å². The number of nitrogens with zero attached hydrogens (tertiary/aromatic N) is 2. The summed E-state index contributed by atoms with van der Waals surface area (Å²) in [6.07, 6.45) is 2.38. The van der Waals surface area contributed by atoms with Crippen molar-refractivity contribution in [3.8, 4) is 6.07 Å². The van der Waals surface area contributed by atoms with Gasteiger partial charge in [0.25, 0.3) is 0 Å². The highest BCUT2D eigenvalue weighted by Gasteiger charge is 2.05. The molecule has 0 aliphatic rings. The second-order valence-electron chi connectivity index (χ2n) is 4.96. The minimum Gasteiger partial charge on any atom is -0.302 e. The Morgan fingerprint density at radius 2 is 2.17 bits per heavy atom. The number of benzene rings is 1. The van der Waals surface area contributed by atoms with E-state index in [1.807, 2.05) is 18.2 Å². The predicted octanol–water partition coefficient (Wildman–Crippen LogP) is 3.34. The Balaban J connectivity index is 2.39. The molecule has 1 unspecified atom stereocenters. The third-order valence-corrected chi connectivity index (χ3v) is 3.39. The zero-order valence-corrected chi connectivity index (χ0v) is 12.2. The molecule has 0 aliphatic carbocycles. The van der Waals surface area contributed by atoms with Crippen molar-refractivity contribution in [2.24, 2.45) is 5.92 Å². The standard InChI is InChI=1S/C15H22N2S/c1-13(7-9-18)6-8-17(2)12-15-5-3-4-14(10-15)11-16/h3-5,10,13,18H,6-9,12H2,1-2H3. The summed E-state index contributed by atoms with van der Waals surface area (Å²) in [7, 11) is 2.13. The van der Waals surface area contributed by atoms with E-state index in [0.29, 0.717) is 0 Å². The highest BCUT2D eigenvalue weighted by atomic mass is 32.1. The summed E-state index contributed by atoms with van der Waals surface area (Å²) in [6.45, 7) is 4.27. The quantitative estimate of drug-likeness (QED) is 0.763. The second-order valence-corrected chi connectivity index (χ2v) is 5.40. The maximum Gasteiger partial charge on any atom is 0.0991 e. The molecule has 0 aliphatic heterocycles. The largest absolute Gasteiger partial charge is 0.302 e. The van der Waals surface area contributed by atoms with Crippen molar-refractivity contribution in [1.29, 1.82) is 5.26 Å². The summed E-state index contributed by atoms with van der Waals surface area (Å²) < 4.78 is 0. The lowest BCUT2D eigenvalue weighted by Gasteiger charge is -2.19. The fraction of sp³-hybridized carbons (Fsp3) is 0.533. The summed E-state index contributed by atoms with van der Waals surface area (Å²) in [5.74, 6) is 1.70. The number of hydrogen-bond acceptors (Lipinski definition) is 3. The Hall–Kier alpha value is -0.980. The van der Waals surface area contributed by atoms with E-state index in [1.165, 1.54) is 18.4 Å². The van der Waals surface area contributed by atoms with Crippen LogP contribution in [-0.4, -0.2) is 24.2 Å². The normalized spacial score (nSPS) is 12.4. The molecule has 0 amide bonds. The Bertz CT molecular complexity index is 398. The highest BCUT2D eigenvalue weighted by Crippen LogP contribution is 2.11. The van der Waals surface area contributed by atoms with Crippen molar-refractivity contribution in [2.75, 3.05) is 19.3 Å². The number of nitriles is 1. The average molecular weight is 262 g/mol. The molecule has 0 saturated carbocycles. The van der Waals surface area contributed by atoms with Crippen LogP contribution in [0.5, 0.6) is 0 Å². The molecule has 0 fully saturated rings. The van der Waals surface area contributed by atoms with E-state index < -0.39 is 0 Å². The van der Waals surface area contributed by atoms with E-state index in [-0.39, 0.29) is 0 Å². The van der Waals surface area contributed by atoms with Crippen LogP contribution >= 0.6 is 12.6 Å². The molecule has 0 saturated heterocycles. The highest BCUT2D eigenvalue weighted by molar-refractivity contribution is 7.80. The van der Waals surface area contributed by atoms with Crippen molar-refractivity contribution in [1.82, 2.24) is 4.90 Å². The Labute approximate surface area is 116 Å². The molecule has 3 heteroatoms. The first kappa shape index (κ1) is 15.1. The average Bonchev–Trinajstić information content (AvgIpc) is 2.37. The molecule has 0 N–H and O–H groups in total. The summed E-state index contributed by atoms with van der Waals surface area (Å²) in [5, 5.41) is 8.86. The molecule has 1 aromatic carbocycles. The van der Waals surface area contributed by atoms with Gasteiger partial charge >= 0.3 is 0 Å². The van der Waals surface area contributed by atoms with E-state index in [2.05, 4.69) is 43.6 Å². The van der Waals surface area contributed by atoms with E-state index in [1.54, 1.807) is 0 Å². The Morgan fingerprint density at radius 3 is 2.83 bits per heavy atom. The van der Waals surface area contributed by atoms with Gasteiger partial charge in [-0.1, -0.05) is 19.1 Å². The van der Waals surface area contributed by atoms with E-state index in [9.17, 15) is 0 Å². The van der Waals surface area contributed by atoms with Gasteiger partial charge < -0.3 is 4.90 Å². The second kappa shape index (κ2) is 8.18. The van der Waals surface area contributed by atoms with Crippen LogP contribution in [0.4, 0.5) is 0 Å². The van der Waals surface area contributed by atoms with E-state index in [0.717, 1.165) is 30.3 Å². The SMILES string of the molecule is CC(CCS)CCN(C)Cc1cccc(C#N)c1. The number of rotatable bonds is 7. The van der Waals surface area contributed by atoms with Crippen LogP contribution in [0.3, 0.4) is 0 Å². The minimum absolute atomic E-state index is 0.732. The zero-order chi connectivity index (χ0) is 13.4. The first-order valence-corrected chi connectivity index (χ1v) is 7.07. The van der Waals surface area contributed by atoms with Crippen molar-refractivity contribution in [3.63, 3.8) is 0 Å². The molecular weight excluding hydrogens is 240 g/mol. The van der Waals surface area contributed by atoms with Gasteiger partial charge in [-0.3, -0.25) is 0 Å². The molecule has 98 valence electrons. The fourth-order valence-corrected chi connectivity index (χ4v) is 2.38. The molecule has 1 atom stereocenters. The Kier molecular flexibility index (Phi) is 6.85. The number of thiol groups is 1. The fourth-order valence-electron chi connectivity index (χ4n) is 1.94. The first-order valence-electron chi connectivity index (χ1n) is 6.44. The van der Waals surface area contributed by atoms with Gasteiger partial charge in [0.2, 0.25) is 0 Å². The molecule has 1 aromatic rings. The van der Waals surface area contributed by atoms with Crippen molar-refractivity contribution in [2.45, 2.75) is 26.3 Å². The molecule has 0 bridgehead atoms. The van der Waals surface area contributed by atoms with Gasteiger partial charge in [0.1, 0.15) is 0 Å². The van der Waals surface area contributed by atoms with Gasteiger partial charge in [-0.05, 0) is 55.8 Å². The van der Waals surface area contributed by atoms with Crippen molar-refractivity contribution >= 4 is 12.6 Å². The topological polar surface area (TPSA) is 27.0 Å². The summed E-state index contributed by atoms with van der Waals surface area (Å²) >= 11 is 4.26. The van der Waals surface area contributed by atoms with Gasteiger partial charge in [0.05, 0.1) is 11.6 Å². The van der Waals surface area contributed by atoms with Crippen LogP contribution in [0.1, 0.15) is 30.9 Å². The van der Waals surface area contributed by atoms with Gasteiger partial charge in [-0.15, -0.1) is 0 Å². The molecule has 18 heavy (non-hydrogen) atoms. The third kappa shape index (κ3) is 5.57. The number of hydrogen-bond donors (Lipinski definition) is 1. The van der Waals surface area contributed by atoms with Gasteiger partial charge in [0, 0.05) is 6.54 Å². The molecular formula is C15H22N2S. The molecule has 0 radical (unpaired) electrons. The van der Waals surface area contributed by atoms with Crippen LogP contribution in [0.2, 0.25) is 0 Å². The summed E-state index contributed by atoms with van der Waals surface area (Å²) in [4.78, 5) is 2.31. The molecule has 1 rings (SSSR count). The van der Waals surface area contributed by atoms with Gasteiger partial charge in [0.15, 0.2) is 0 Å². The van der Waals surface area contributed by atoms with Crippen LogP contribution in [-0.2, 0) is 6.54 Å². The third-order valence-electron chi connectivity index (χ3n) is 3.13. The molecule has 0 aromatic heterocycles. The van der Waals surface area contributed by atoms with E-state index in [4.69, 9.17) is 5.26 Å². The van der Waals surface area contributed by atoms with Crippen molar-refractivity contribution < 1.29 is 0 Å². The van der Waals surface area contributed by atoms with Crippen molar-refractivity contribution in [3.05, 3.63) is 35.4 Å². The van der Waals surface area contributed by atoms with Crippen LogP contribution in [0, 0.1) is 17.2 Å². The maximum absolute atomic E-state index is 8.86. The monoisotopic (exact) mass is 262 g/mol. The summed E-state index contributed by atoms with van der Waals surface area (Å²) in [6, 6.07) is 10.0. The maximum atomic E-state index is 8.86. The first-order chi connectivity index (χ1) is 8.65. The van der Waals surface area contributed by atoms with E-state index >= 15 is 0 Å². The predicted molar refractivity (Wildman–Crippen MR) is 79.7 cm³/mol. The molecule has 2 nitrogen and oxygen atoms in total. The zero-order valence-electron chi connectivity index (χ0n) is 11.3. The lowest BCUT2D eigenvalue weighted by molar-refractivity contribution is 0.297.